The summed E-state index contributed by atoms with van der Waals surface area (Å²) in [6.07, 6.45) is -4.87. The molecule has 72 heavy (non-hydrogen) atoms. The lowest BCUT2D eigenvalue weighted by Gasteiger charge is -2.28. The molecule has 0 saturated heterocycles. The fourth-order valence-electron chi connectivity index (χ4n) is 11.5. The van der Waals surface area contributed by atoms with E-state index in [1.54, 1.807) is 0 Å². The lowest BCUT2D eigenvalue weighted by atomic mass is 9.75. The lowest BCUT2D eigenvalue weighted by molar-refractivity contribution is -0.137. The highest BCUT2D eigenvalue weighted by molar-refractivity contribution is 5.92. The molecule has 2 aliphatic carbocycles. The van der Waals surface area contributed by atoms with Crippen LogP contribution in [0.5, 0.6) is 0 Å². The van der Waals surface area contributed by atoms with Crippen LogP contribution < -0.4 is 0 Å². The summed E-state index contributed by atoms with van der Waals surface area (Å²) in [5, 5.41) is 0. The molecule has 0 nitrogen and oxygen atoms in total. The monoisotopic (exact) mass is 942 g/mol. The molecule has 0 amide bonds. The van der Waals surface area contributed by atoms with E-state index in [1.165, 1.54) is 12.1 Å². The zero-order chi connectivity index (χ0) is 49.6. The van der Waals surface area contributed by atoms with E-state index in [0.717, 1.165) is 123 Å². The number of rotatable bonds is 7. The van der Waals surface area contributed by atoms with Crippen LogP contribution in [0.2, 0.25) is 0 Å². The summed E-state index contributed by atoms with van der Waals surface area (Å²) in [6.45, 7) is 10.3. The van der Waals surface area contributed by atoms with Crippen LogP contribution in [0.4, 0.5) is 17.6 Å². The van der Waals surface area contributed by atoms with E-state index >= 15 is 17.6 Å². The van der Waals surface area contributed by atoms with Crippen molar-refractivity contribution in [1.29, 1.82) is 0 Å². The molecule has 0 atom stereocenters. The van der Waals surface area contributed by atoms with Crippen molar-refractivity contribution >= 4 is 0 Å². The van der Waals surface area contributed by atoms with E-state index in [-0.39, 0.29) is 5.56 Å². The molecule has 0 unspecified atom stereocenters. The van der Waals surface area contributed by atoms with Crippen LogP contribution in [0.15, 0.2) is 200 Å². The third-order valence-corrected chi connectivity index (χ3v) is 15.1. The summed E-state index contributed by atoms with van der Waals surface area (Å²) >= 11 is 0. The second-order valence-corrected chi connectivity index (χ2v) is 20.0. The molecule has 4 heteroatoms. The van der Waals surface area contributed by atoms with Gasteiger partial charge in [0, 0.05) is 17.4 Å². The van der Waals surface area contributed by atoms with Crippen LogP contribution in [0, 0.1) is 40.4 Å². The quantitative estimate of drug-likeness (QED) is 0.140. The Labute approximate surface area is 419 Å². The van der Waals surface area contributed by atoms with Gasteiger partial charge in [-0.25, -0.2) is 4.39 Å². The molecule has 0 spiro atoms. The van der Waals surface area contributed by atoms with Crippen molar-refractivity contribution < 1.29 is 17.6 Å². The van der Waals surface area contributed by atoms with Gasteiger partial charge in [0.15, 0.2) is 0 Å². The van der Waals surface area contributed by atoms with Crippen molar-refractivity contribution in [3.8, 4) is 77.9 Å². The molecule has 0 aliphatic heterocycles. The summed E-state index contributed by atoms with van der Waals surface area (Å²) in [5.74, 6) is -2.06. The van der Waals surface area contributed by atoms with Crippen LogP contribution >= 0.6 is 0 Å². The summed E-state index contributed by atoms with van der Waals surface area (Å²) in [4.78, 5) is 0. The molecule has 0 bridgehead atoms. The third kappa shape index (κ3) is 7.77. The summed E-state index contributed by atoms with van der Waals surface area (Å²) in [6, 6.07) is 67.0. The fourth-order valence-corrected chi connectivity index (χ4v) is 11.5. The van der Waals surface area contributed by atoms with Gasteiger partial charge < -0.3 is 0 Å². The van der Waals surface area contributed by atoms with Crippen molar-refractivity contribution in [1.82, 2.24) is 0 Å². The van der Waals surface area contributed by atoms with Gasteiger partial charge in [-0.05, 0) is 177 Å². The predicted molar refractivity (Wildman–Crippen MR) is 288 cm³/mol. The zero-order valence-electron chi connectivity index (χ0n) is 40.7. The second-order valence-electron chi connectivity index (χ2n) is 20.0. The number of fused-ring (bicyclic) bond motifs is 6. The average molecular weight is 943 g/mol. The molecule has 0 saturated carbocycles. The van der Waals surface area contributed by atoms with Crippen LogP contribution in [0.25, 0.3) is 77.9 Å². The topological polar surface area (TPSA) is 0 Å². The van der Waals surface area contributed by atoms with Crippen LogP contribution in [0.1, 0.15) is 78.6 Å². The molecular formula is C68H50F4. The summed E-state index contributed by atoms with van der Waals surface area (Å²) in [5.41, 5.74) is 21.5. The number of halogens is 4. The molecule has 0 aromatic heterocycles. The van der Waals surface area contributed by atoms with Gasteiger partial charge in [-0.1, -0.05) is 192 Å². The van der Waals surface area contributed by atoms with Crippen LogP contribution in [-0.4, -0.2) is 0 Å². The SMILES string of the molecule is Cc1ccc(-c2ccc3c(c2)C(c2cc(C)cc(C4c5cc(-c6ccc(C)cc6)ccc5-c5ccc(-c6ccc(C)cc6)cc54)c2-c2c(F)cccc2C(F)(F)F)c2cc(-c4ccc(C)cc4)ccc2-3)cc1. The first-order valence-corrected chi connectivity index (χ1v) is 24.6. The number of hydrogen-bond donors (Lipinski definition) is 0. The maximum absolute atomic E-state index is 17.5. The third-order valence-electron chi connectivity index (χ3n) is 15.1. The van der Waals surface area contributed by atoms with Gasteiger partial charge in [0.2, 0.25) is 0 Å². The largest absolute Gasteiger partial charge is 0.417 e. The molecule has 0 N–H and O–H groups in total. The zero-order valence-corrected chi connectivity index (χ0v) is 40.7. The molecule has 2 aliphatic rings. The van der Waals surface area contributed by atoms with Gasteiger partial charge in [0.1, 0.15) is 5.82 Å². The van der Waals surface area contributed by atoms with Gasteiger partial charge in [0.05, 0.1) is 5.56 Å². The van der Waals surface area contributed by atoms with E-state index in [2.05, 4.69) is 198 Å². The Kier molecular flexibility index (Phi) is 10.9. The van der Waals surface area contributed by atoms with Gasteiger partial charge in [-0.15, -0.1) is 0 Å². The van der Waals surface area contributed by atoms with Crippen LogP contribution in [0.3, 0.4) is 0 Å². The Hall–Kier alpha value is -8.08. The van der Waals surface area contributed by atoms with E-state index in [0.29, 0.717) is 11.1 Å². The lowest BCUT2D eigenvalue weighted by Crippen LogP contribution is -2.14. The normalized spacial score (nSPS) is 13.0. The maximum Gasteiger partial charge on any atom is 0.417 e. The molecule has 10 aromatic rings. The number of alkyl halides is 3. The van der Waals surface area contributed by atoms with Crippen molar-refractivity contribution in [2.75, 3.05) is 0 Å². The smallest absolute Gasteiger partial charge is 0.206 e. The van der Waals surface area contributed by atoms with E-state index in [9.17, 15) is 0 Å². The predicted octanol–water partition coefficient (Wildman–Crippen LogP) is 19.0. The van der Waals surface area contributed by atoms with Gasteiger partial charge in [-0.3, -0.25) is 0 Å². The first-order valence-electron chi connectivity index (χ1n) is 24.6. The Morgan fingerprint density at radius 2 is 0.583 bits per heavy atom. The van der Waals surface area contributed by atoms with Gasteiger partial charge >= 0.3 is 6.18 Å². The molecule has 0 fully saturated rings. The highest BCUT2D eigenvalue weighted by atomic mass is 19.4. The minimum absolute atomic E-state index is 0.265. The van der Waals surface area contributed by atoms with Crippen molar-refractivity contribution in [2.45, 2.75) is 52.6 Å². The number of hydrogen-bond acceptors (Lipinski definition) is 0. The minimum Gasteiger partial charge on any atom is -0.206 e. The number of benzene rings is 10. The van der Waals surface area contributed by atoms with Gasteiger partial charge in [0.25, 0.3) is 0 Å². The Morgan fingerprint density at radius 3 is 0.875 bits per heavy atom. The van der Waals surface area contributed by atoms with E-state index < -0.39 is 35.0 Å². The molecule has 10 aromatic carbocycles. The fraction of sp³-hybridized carbons (Fsp3) is 0.118. The summed E-state index contributed by atoms with van der Waals surface area (Å²) < 4.78 is 65.1. The van der Waals surface area contributed by atoms with Gasteiger partial charge in [-0.2, -0.15) is 13.2 Å². The minimum atomic E-state index is -4.87. The van der Waals surface area contributed by atoms with Crippen LogP contribution in [-0.2, 0) is 6.18 Å². The standard InChI is InChI=1S/C68H50F4/c1-39-9-17-44(18-10-39)48-25-29-52-53-30-26-49(45-19-11-40(2)12-20-45)36-57(53)64(56(52)35-48)60-33-43(5)34-61(66(60)67-62(68(70,71)72)7-6-8-63(67)69)65-58-37-50(46-21-13-41(3)14-22-46)27-31-54(58)55-32-28-51(38-59(55)65)47-23-15-42(4)16-24-47/h6-38,64-65H,1-5H3. The summed E-state index contributed by atoms with van der Waals surface area (Å²) in [7, 11) is 0. The van der Waals surface area contributed by atoms with Crippen molar-refractivity contribution in [3.63, 3.8) is 0 Å². The molecular weight excluding hydrogens is 893 g/mol. The maximum atomic E-state index is 17.5. The van der Waals surface area contributed by atoms with Crippen molar-refractivity contribution in [3.05, 3.63) is 273 Å². The van der Waals surface area contributed by atoms with E-state index in [4.69, 9.17) is 0 Å². The Bertz CT molecular complexity index is 3360. The molecule has 0 heterocycles. The first-order chi connectivity index (χ1) is 34.8. The van der Waals surface area contributed by atoms with E-state index in [1.807, 2.05) is 19.1 Å². The Balaban J connectivity index is 1.19. The molecule has 0 radical (unpaired) electrons. The second kappa shape index (κ2) is 17.3. The first kappa shape index (κ1) is 45.1. The number of aryl methyl sites for hydroxylation is 5. The molecule has 12 rings (SSSR count). The Morgan fingerprint density at radius 1 is 0.292 bits per heavy atom. The van der Waals surface area contributed by atoms with Crippen molar-refractivity contribution in [2.24, 2.45) is 0 Å². The molecule has 350 valence electrons. The average Bonchev–Trinajstić information content (AvgIpc) is 3.88. The highest BCUT2D eigenvalue weighted by Gasteiger charge is 2.42. The highest BCUT2D eigenvalue weighted by Crippen LogP contribution is 2.58.